The molecule has 0 amide bonds. The van der Waals surface area contributed by atoms with E-state index < -0.39 is 0 Å². The molecule has 0 aromatic rings. The summed E-state index contributed by atoms with van der Waals surface area (Å²) in [6.45, 7) is 6.17. The van der Waals surface area contributed by atoms with Crippen LogP contribution in [0.5, 0.6) is 0 Å². The van der Waals surface area contributed by atoms with Crippen LogP contribution in [-0.2, 0) is 4.74 Å². The van der Waals surface area contributed by atoms with Gasteiger partial charge in [-0.15, -0.1) is 5.26 Å². The third-order valence-electron chi connectivity index (χ3n) is 1.56. The molecule has 0 bridgehead atoms. The molecule has 0 rings (SSSR count). The first-order valence-electron chi connectivity index (χ1n) is 4.76. The summed E-state index contributed by atoms with van der Waals surface area (Å²) in [6, 6.07) is 0. The molecule has 14 heavy (non-hydrogen) atoms. The fourth-order valence-electron chi connectivity index (χ4n) is 0.822. The molecule has 0 aromatic heterocycles. The largest absolute Gasteiger partial charge is 0.388 e. The predicted octanol–water partition coefficient (Wildman–Crippen LogP) is 3.55. The number of hydrogen-bond acceptors (Lipinski definition) is 2. The van der Waals surface area contributed by atoms with Gasteiger partial charge in [-0.1, -0.05) is 32.1 Å². The van der Waals surface area contributed by atoms with E-state index in [-0.39, 0.29) is 0 Å². The number of rotatable bonds is 5. The van der Waals surface area contributed by atoms with E-state index in [9.17, 15) is 0 Å². The van der Waals surface area contributed by atoms with E-state index in [2.05, 4.69) is 24.7 Å². The molecule has 2 heteroatoms. The highest BCUT2D eigenvalue weighted by atomic mass is 16.5. The lowest BCUT2D eigenvalue weighted by atomic mass is 10.1. The van der Waals surface area contributed by atoms with Crippen LogP contribution in [0.2, 0.25) is 0 Å². The fraction of sp³-hybridized carbons (Fsp3) is 0.417. The SMILES string of the molecule is C\C=C(/C=C\C=C/CC(C)C)OC#N. The Balaban J connectivity index is 3.93. The number of nitrogens with zero attached hydrogens (tertiary/aromatic N) is 1. The van der Waals surface area contributed by atoms with Crippen molar-refractivity contribution in [3.63, 3.8) is 0 Å². The van der Waals surface area contributed by atoms with Gasteiger partial charge in [0.2, 0.25) is 0 Å². The average molecular weight is 191 g/mol. The summed E-state index contributed by atoms with van der Waals surface area (Å²) in [5.74, 6) is 1.25. The van der Waals surface area contributed by atoms with Gasteiger partial charge in [0.15, 0.2) is 0 Å². The van der Waals surface area contributed by atoms with Crippen LogP contribution >= 0.6 is 0 Å². The maximum atomic E-state index is 8.28. The second-order valence-corrected chi connectivity index (χ2v) is 3.30. The third kappa shape index (κ3) is 7.17. The summed E-state index contributed by atoms with van der Waals surface area (Å²) in [6.07, 6.45) is 12.1. The first kappa shape index (κ1) is 12.5. The minimum atomic E-state index is 0.571. The van der Waals surface area contributed by atoms with Crippen LogP contribution < -0.4 is 0 Å². The zero-order chi connectivity index (χ0) is 10.8. The van der Waals surface area contributed by atoms with Crippen LogP contribution in [0.25, 0.3) is 0 Å². The summed E-state index contributed by atoms with van der Waals surface area (Å²) in [5, 5.41) is 8.28. The molecule has 0 unspecified atom stereocenters. The van der Waals surface area contributed by atoms with Crippen LogP contribution in [0.15, 0.2) is 36.1 Å². The van der Waals surface area contributed by atoms with E-state index >= 15 is 0 Å². The van der Waals surface area contributed by atoms with Gasteiger partial charge in [0.25, 0.3) is 6.26 Å². The molecule has 0 aliphatic heterocycles. The summed E-state index contributed by atoms with van der Waals surface area (Å²) in [5.41, 5.74) is 0. The van der Waals surface area contributed by atoms with Crippen molar-refractivity contribution in [3.05, 3.63) is 36.1 Å². The zero-order valence-electron chi connectivity index (χ0n) is 9.03. The van der Waals surface area contributed by atoms with Gasteiger partial charge in [-0.05, 0) is 31.4 Å². The van der Waals surface area contributed by atoms with Crippen LogP contribution in [0.4, 0.5) is 0 Å². The monoisotopic (exact) mass is 191 g/mol. The first-order chi connectivity index (χ1) is 6.70. The minimum absolute atomic E-state index is 0.571. The summed E-state index contributed by atoms with van der Waals surface area (Å²) >= 11 is 0. The Bertz CT molecular complexity index is 267. The van der Waals surface area contributed by atoms with Crippen LogP contribution in [0.3, 0.4) is 0 Å². The molecule has 0 radical (unpaired) electrons. The smallest absolute Gasteiger partial charge is 0.292 e. The molecule has 0 N–H and O–H groups in total. The van der Waals surface area contributed by atoms with Crippen LogP contribution in [0.1, 0.15) is 27.2 Å². The quantitative estimate of drug-likeness (QED) is 0.378. The first-order valence-corrected chi connectivity index (χ1v) is 4.76. The highest BCUT2D eigenvalue weighted by Crippen LogP contribution is 2.01. The Kier molecular flexibility index (Phi) is 7.26. The van der Waals surface area contributed by atoms with Crippen molar-refractivity contribution >= 4 is 0 Å². The van der Waals surface area contributed by atoms with Gasteiger partial charge in [0.05, 0.1) is 0 Å². The number of nitriles is 1. The topological polar surface area (TPSA) is 33.0 Å². The highest BCUT2D eigenvalue weighted by Gasteiger charge is 1.87. The average Bonchev–Trinajstić information content (AvgIpc) is 2.15. The van der Waals surface area contributed by atoms with Crippen LogP contribution in [-0.4, -0.2) is 0 Å². The molecule has 0 aliphatic carbocycles. The minimum Gasteiger partial charge on any atom is -0.388 e. The van der Waals surface area contributed by atoms with Crippen molar-refractivity contribution in [2.75, 3.05) is 0 Å². The van der Waals surface area contributed by atoms with Gasteiger partial charge in [0, 0.05) is 0 Å². The molecule has 76 valence electrons. The normalized spacial score (nSPS) is 12.6. The van der Waals surface area contributed by atoms with Gasteiger partial charge in [-0.25, -0.2) is 0 Å². The van der Waals surface area contributed by atoms with Crippen molar-refractivity contribution in [1.82, 2.24) is 0 Å². The molecular weight excluding hydrogens is 174 g/mol. The molecule has 0 fully saturated rings. The van der Waals surface area contributed by atoms with Crippen molar-refractivity contribution in [3.8, 4) is 6.26 Å². The molecule has 0 aromatic carbocycles. The Hall–Kier alpha value is -1.49. The Morgan fingerprint density at radius 2 is 2.14 bits per heavy atom. The number of ether oxygens (including phenoxy) is 1. The lowest BCUT2D eigenvalue weighted by Crippen LogP contribution is -1.81. The van der Waals surface area contributed by atoms with E-state index in [1.807, 2.05) is 19.1 Å². The van der Waals surface area contributed by atoms with Crippen LogP contribution in [0, 0.1) is 17.4 Å². The van der Waals surface area contributed by atoms with E-state index in [4.69, 9.17) is 5.26 Å². The molecule has 0 spiro atoms. The van der Waals surface area contributed by atoms with Crippen molar-refractivity contribution in [2.24, 2.45) is 5.92 Å². The standard InChI is InChI=1S/C12H17NO/c1-4-12(14-10-13)9-7-5-6-8-11(2)3/h4-7,9,11H,8H2,1-3H3/b6-5-,9-7-,12-4+. The Morgan fingerprint density at radius 1 is 1.43 bits per heavy atom. The van der Waals surface area contributed by atoms with Crippen molar-refractivity contribution in [2.45, 2.75) is 27.2 Å². The molecule has 0 aliphatic rings. The summed E-state index contributed by atoms with van der Waals surface area (Å²) in [7, 11) is 0. The highest BCUT2D eigenvalue weighted by molar-refractivity contribution is 5.17. The summed E-state index contributed by atoms with van der Waals surface area (Å²) in [4.78, 5) is 0. The van der Waals surface area contributed by atoms with Gasteiger partial charge in [-0.2, -0.15) is 0 Å². The zero-order valence-corrected chi connectivity index (χ0v) is 9.03. The van der Waals surface area contributed by atoms with E-state index in [1.54, 1.807) is 18.4 Å². The lowest BCUT2D eigenvalue weighted by Gasteiger charge is -1.95. The second kappa shape index (κ2) is 8.12. The van der Waals surface area contributed by atoms with E-state index in [0.29, 0.717) is 11.7 Å². The molecule has 0 atom stereocenters. The predicted molar refractivity (Wildman–Crippen MR) is 58.2 cm³/mol. The summed E-state index contributed by atoms with van der Waals surface area (Å²) < 4.78 is 4.66. The van der Waals surface area contributed by atoms with Gasteiger partial charge in [-0.3, -0.25) is 0 Å². The molecule has 2 nitrogen and oxygen atoms in total. The van der Waals surface area contributed by atoms with Gasteiger partial charge < -0.3 is 4.74 Å². The number of hydrogen-bond donors (Lipinski definition) is 0. The van der Waals surface area contributed by atoms with E-state index in [0.717, 1.165) is 6.42 Å². The maximum Gasteiger partial charge on any atom is 0.292 e. The van der Waals surface area contributed by atoms with Crippen molar-refractivity contribution in [1.29, 1.82) is 5.26 Å². The third-order valence-corrected chi connectivity index (χ3v) is 1.56. The van der Waals surface area contributed by atoms with E-state index in [1.165, 1.54) is 0 Å². The molecule has 0 heterocycles. The van der Waals surface area contributed by atoms with Gasteiger partial charge >= 0.3 is 0 Å². The van der Waals surface area contributed by atoms with Crippen molar-refractivity contribution < 1.29 is 4.74 Å². The molecule has 0 saturated carbocycles. The number of allylic oxidation sites excluding steroid dienone is 5. The Labute approximate surface area is 86.2 Å². The lowest BCUT2D eigenvalue weighted by molar-refractivity contribution is 0.392. The maximum absolute atomic E-state index is 8.28. The molecular formula is C12H17NO. The second-order valence-electron chi connectivity index (χ2n) is 3.30. The molecule has 0 saturated heterocycles. The van der Waals surface area contributed by atoms with Gasteiger partial charge in [0.1, 0.15) is 5.76 Å². The fourth-order valence-corrected chi connectivity index (χ4v) is 0.822. The Morgan fingerprint density at radius 3 is 2.64 bits per heavy atom.